The van der Waals surface area contributed by atoms with Crippen LogP contribution >= 0.6 is 11.6 Å². The summed E-state index contributed by atoms with van der Waals surface area (Å²) in [6, 6.07) is 11.3. The third-order valence-corrected chi connectivity index (χ3v) is 3.72. The Balaban J connectivity index is 1.56. The maximum absolute atomic E-state index is 12.0. The second-order valence-electron chi connectivity index (χ2n) is 5.07. The fourth-order valence-corrected chi connectivity index (χ4v) is 2.48. The van der Waals surface area contributed by atoms with E-state index in [0.29, 0.717) is 23.9 Å². The molecule has 0 radical (unpaired) electrons. The highest BCUT2D eigenvalue weighted by Crippen LogP contribution is 2.26. The van der Waals surface area contributed by atoms with E-state index >= 15 is 0 Å². The number of halogens is 1. The first kappa shape index (κ1) is 13.9. The van der Waals surface area contributed by atoms with E-state index < -0.39 is 0 Å². The number of rotatable bonds is 3. The van der Waals surface area contributed by atoms with Gasteiger partial charge in [0.15, 0.2) is 0 Å². The van der Waals surface area contributed by atoms with Crippen molar-refractivity contribution in [3.8, 4) is 5.75 Å². The largest absolute Gasteiger partial charge is 0.493 e. The van der Waals surface area contributed by atoms with Gasteiger partial charge in [-0.25, -0.2) is 4.98 Å². The van der Waals surface area contributed by atoms with E-state index in [0.717, 1.165) is 12.2 Å². The maximum atomic E-state index is 12.0. The monoisotopic (exact) mass is 302 g/mol. The Morgan fingerprint density at radius 1 is 1.33 bits per heavy atom. The molecule has 2 heterocycles. The summed E-state index contributed by atoms with van der Waals surface area (Å²) in [5, 5.41) is 3.30. The summed E-state index contributed by atoms with van der Waals surface area (Å²) in [5.74, 6) is 1.09. The van der Waals surface area contributed by atoms with Gasteiger partial charge in [-0.1, -0.05) is 29.8 Å². The predicted molar refractivity (Wildman–Crippen MR) is 80.7 cm³/mol. The molecule has 1 unspecified atom stereocenters. The first-order chi connectivity index (χ1) is 10.2. The number of hydrogen-bond donors (Lipinski definition) is 1. The van der Waals surface area contributed by atoms with Gasteiger partial charge in [-0.05, 0) is 30.2 Å². The van der Waals surface area contributed by atoms with Gasteiger partial charge in [0.25, 0.3) is 5.91 Å². The number of benzene rings is 1. The van der Waals surface area contributed by atoms with E-state index in [1.165, 1.54) is 11.8 Å². The summed E-state index contributed by atoms with van der Waals surface area (Å²) in [6.07, 6.45) is 2.39. The summed E-state index contributed by atoms with van der Waals surface area (Å²) >= 11 is 5.70. The maximum Gasteiger partial charge on any atom is 0.252 e. The van der Waals surface area contributed by atoms with E-state index in [1.807, 2.05) is 18.2 Å². The van der Waals surface area contributed by atoms with Crippen molar-refractivity contribution in [2.75, 3.05) is 13.2 Å². The Morgan fingerprint density at radius 3 is 3.00 bits per heavy atom. The molecule has 4 nitrogen and oxygen atoms in total. The second-order valence-corrected chi connectivity index (χ2v) is 5.46. The third kappa shape index (κ3) is 3.34. The molecule has 108 valence electrons. The number of amides is 1. The first-order valence-electron chi connectivity index (χ1n) is 6.83. The molecule has 1 atom stereocenters. The number of hydrogen-bond acceptors (Lipinski definition) is 3. The van der Waals surface area contributed by atoms with Gasteiger partial charge in [0.1, 0.15) is 10.9 Å². The summed E-state index contributed by atoms with van der Waals surface area (Å²) in [5.41, 5.74) is 1.70. The van der Waals surface area contributed by atoms with Crippen molar-refractivity contribution in [3.63, 3.8) is 0 Å². The molecule has 2 aromatic rings. The van der Waals surface area contributed by atoms with Crippen molar-refractivity contribution in [3.05, 3.63) is 58.9 Å². The van der Waals surface area contributed by atoms with E-state index in [1.54, 1.807) is 12.1 Å². The molecule has 1 amide bonds. The van der Waals surface area contributed by atoms with Crippen LogP contribution in [0, 0.1) is 5.92 Å². The highest BCUT2D eigenvalue weighted by atomic mass is 35.5. The van der Waals surface area contributed by atoms with Crippen LogP contribution in [-0.2, 0) is 6.42 Å². The number of nitrogens with one attached hydrogen (secondary N) is 1. The second kappa shape index (κ2) is 6.14. The minimum atomic E-state index is -0.141. The number of carbonyl (C=O) groups excluding carboxylic acids is 1. The molecule has 0 spiro atoms. The lowest BCUT2D eigenvalue weighted by Crippen LogP contribution is -2.34. The van der Waals surface area contributed by atoms with Crippen molar-refractivity contribution in [1.82, 2.24) is 10.3 Å². The summed E-state index contributed by atoms with van der Waals surface area (Å²) in [6.45, 7) is 1.20. The molecule has 1 aromatic carbocycles. The van der Waals surface area contributed by atoms with Crippen molar-refractivity contribution >= 4 is 17.5 Å². The Hall–Kier alpha value is -2.07. The quantitative estimate of drug-likeness (QED) is 0.887. The number of fused-ring (bicyclic) bond motifs is 1. The van der Waals surface area contributed by atoms with Crippen molar-refractivity contribution in [2.45, 2.75) is 6.42 Å². The van der Waals surface area contributed by atoms with Crippen LogP contribution in [0.15, 0.2) is 42.6 Å². The standard InChI is InChI=1S/C16H15ClN2O2/c17-15-6-5-13(9-18-15)16(20)19-8-11-7-12-3-1-2-4-14(12)21-10-11/h1-6,9,11H,7-8,10H2,(H,19,20). The number of aromatic nitrogens is 1. The van der Waals surface area contributed by atoms with Crippen LogP contribution in [-0.4, -0.2) is 24.0 Å². The number of carbonyl (C=O) groups is 1. The fraction of sp³-hybridized carbons (Fsp3) is 0.250. The normalized spacial score (nSPS) is 16.7. The average molecular weight is 303 g/mol. The molecule has 3 rings (SSSR count). The zero-order valence-electron chi connectivity index (χ0n) is 11.4. The molecule has 1 N–H and O–H groups in total. The zero-order valence-corrected chi connectivity index (χ0v) is 12.1. The van der Waals surface area contributed by atoms with E-state index in [9.17, 15) is 4.79 Å². The van der Waals surface area contributed by atoms with Crippen molar-refractivity contribution in [1.29, 1.82) is 0 Å². The Kier molecular flexibility index (Phi) is 4.06. The molecular weight excluding hydrogens is 288 g/mol. The third-order valence-electron chi connectivity index (χ3n) is 3.50. The van der Waals surface area contributed by atoms with Gasteiger partial charge in [-0.2, -0.15) is 0 Å². The molecule has 21 heavy (non-hydrogen) atoms. The van der Waals surface area contributed by atoms with Crippen LogP contribution in [0.25, 0.3) is 0 Å². The van der Waals surface area contributed by atoms with Crippen LogP contribution in [0.5, 0.6) is 5.75 Å². The van der Waals surface area contributed by atoms with Gasteiger partial charge in [-0.15, -0.1) is 0 Å². The van der Waals surface area contributed by atoms with Gasteiger partial charge >= 0.3 is 0 Å². The molecule has 0 saturated heterocycles. The number of nitrogens with zero attached hydrogens (tertiary/aromatic N) is 1. The van der Waals surface area contributed by atoms with E-state index in [4.69, 9.17) is 16.3 Å². The number of ether oxygens (including phenoxy) is 1. The van der Waals surface area contributed by atoms with Gasteiger partial charge in [-0.3, -0.25) is 4.79 Å². The van der Waals surface area contributed by atoms with Crippen LogP contribution in [0.1, 0.15) is 15.9 Å². The fourth-order valence-electron chi connectivity index (χ4n) is 2.37. The highest BCUT2D eigenvalue weighted by molar-refractivity contribution is 6.29. The molecule has 0 aliphatic carbocycles. The molecule has 0 saturated carbocycles. The molecule has 0 bridgehead atoms. The van der Waals surface area contributed by atoms with Crippen LogP contribution in [0.3, 0.4) is 0 Å². The highest BCUT2D eigenvalue weighted by Gasteiger charge is 2.20. The molecule has 5 heteroatoms. The minimum absolute atomic E-state index is 0.141. The molecule has 1 aromatic heterocycles. The summed E-state index contributed by atoms with van der Waals surface area (Å²) in [4.78, 5) is 15.9. The lowest BCUT2D eigenvalue weighted by molar-refractivity contribution is 0.0938. The Bertz CT molecular complexity index is 643. The molecule has 1 aliphatic rings. The van der Waals surface area contributed by atoms with Crippen LogP contribution in [0.2, 0.25) is 5.15 Å². The Morgan fingerprint density at radius 2 is 2.19 bits per heavy atom. The number of pyridine rings is 1. The summed E-state index contributed by atoms with van der Waals surface area (Å²) in [7, 11) is 0. The topological polar surface area (TPSA) is 51.2 Å². The lowest BCUT2D eigenvalue weighted by Gasteiger charge is -2.25. The Labute approximate surface area is 128 Å². The number of para-hydroxylation sites is 1. The first-order valence-corrected chi connectivity index (χ1v) is 7.20. The van der Waals surface area contributed by atoms with Gasteiger partial charge in [0, 0.05) is 18.7 Å². The average Bonchev–Trinajstić information content (AvgIpc) is 2.53. The molecule has 0 fully saturated rings. The smallest absolute Gasteiger partial charge is 0.252 e. The van der Waals surface area contributed by atoms with Gasteiger partial charge < -0.3 is 10.1 Å². The SMILES string of the molecule is O=C(NCC1COc2ccccc2C1)c1ccc(Cl)nc1. The van der Waals surface area contributed by atoms with E-state index in [-0.39, 0.29) is 11.8 Å². The predicted octanol–water partition coefficient (Wildman–Crippen LogP) is 2.72. The zero-order chi connectivity index (χ0) is 14.7. The lowest BCUT2D eigenvalue weighted by atomic mass is 9.97. The molecular formula is C16H15ClN2O2. The van der Waals surface area contributed by atoms with Crippen LogP contribution < -0.4 is 10.1 Å². The summed E-state index contributed by atoms with van der Waals surface area (Å²) < 4.78 is 5.71. The van der Waals surface area contributed by atoms with Crippen LogP contribution in [0.4, 0.5) is 0 Å². The van der Waals surface area contributed by atoms with Crippen molar-refractivity contribution in [2.24, 2.45) is 5.92 Å². The van der Waals surface area contributed by atoms with E-state index in [2.05, 4.69) is 16.4 Å². The molecule has 1 aliphatic heterocycles. The van der Waals surface area contributed by atoms with Gasteiger partial charge in [0.05, 0.1) is 12.2 Å². The minimum Gasteiger partial charge on any atom is -0.493 e. The van der Waals surface area contributed by atoms with Gasteiger partial charge in [0.2, 0.25) is 0 Å². The van der Waals surface area contributed by atoms with Crippen molar-refractivity contribution < 1.29 is 9.53 Å².